The van der Waals surface area contributed by atoms with Crippen molar-refractivity contribution < 1.29 is 0 Å². The van der Waals surface area contributed by atoms with Gasteiger partial charge in [-0.1, -0.05) is 0 Å². The second-order valence-corrected chi connectivity index (χ2v) is 1.66. The van der Waals surface area contributed by atoms with Gasteiger partial charge < -0.3 is 10.3 Å². The summed E-state index contributed by atoms with van der Waals surface area (Å²) in [7, 11) is 1.93. The molecule has 1 heterocycles. The molecule has 0 aliphatic heterocycles. The summed E-state index contributed by atoms with van der Waals surface area (Å²) in [6.07, 6.45) is 3.62. The fraction of sp³-hybridized carbons (Fsp3) is 0.400. The molecule has 0 aliphatic rings. The molecule has 0 radical (unpaired) electrons. The summed E-state index contributed by atoms with van der Waals surface area (Å²) in [6, 6.07) is 0. The number of halogens is 2. The third-order valence-electron chi connectivity index (χ3n) is 1.10. The van der Waals surface area contributed by atoms with Crippen LogP contribution in [0.3, 0.4) is 0 Å². The number of rotatable bonds is 1. The van der Waals surface area contributed by atoms with Crippen LogP contribution in [-0.2, 0) is 13.6 Å². The molecule has 0 bridgehead atoms. The van der Waals surface area contributed by atoms with Gasteiger partial charge >= 0.3 is 0 Å². The van der Waals surface area contributed by atoms with Crippen molar-refractivity contribution in [3.8, 4) is 0 Å². The van der Waals surface area contributed by atoms with Crippen LogP contribution in [0.5, 0.6) is 0 Å². The number of aryl methyl sites for hydroxylation is 1. The Bertz CT molecular complexity index is 175. The number of hydrogen-bond donors (Lipinski definition) is 1. The minimum absolute atomic E-state index is 0. The maximum Gasteiger partial charge on any atom is 0.122 e. The monoisotopic (exact) mass is 183 g/mol. The first kappa shape index (κ1) is 12.4. The van der Waals surface area contributed by atoms with Crippen molar-refractivity contribution in [2.45, 2.75) is 6.54 Å². The van der Waals surface area contributed by atoms with Crippen LogP contribution < -0.4 is 5.73 Å². The van der Waals surface area contributed by atoms with Gasteiger partial charge in [-0.15, -0.1) is 24.8 Å². The fourth-order valence-electron chi connectivity index (χ4n) is 0.593. The van der Waals surface area contributed by atoms with Gasteiger partial charge in [0.05, 0.1) is 6.54 Å². The molecule has 10 heavy (non-hydrogen) atoms. The van der Waals surface area contributed by atoms with Gasteiger partial charge in [0.2, 0.25) is 0 Å². The summed E-state index contributed by atoms with van der Waals surface area (Å²) in [5.74, 6) is 0.921. The maximum atomic E-state index is 5.31. The lowest BCUT2D eigenvalue weighted by molar-refractivity contribution is 0.793. The van der Waals surface area contributed by atoms with E-state index < -0.39 is 0 Å². The van der Waals surface area contributed by atoms with Crippen LogP contribution in [-0.4, -0.2) is 9.55 Å². The number of aromatic nitrogens is 2. The molecule has 1 aromatic rings. The van der Waals surface area contributed by atoms with E-state index in [9.17, 15) is 0 Å². The van der Waals surface area contributed by atoms with Crippen LogP contribution in [0, 0.1) is 0 Å². The SMILES string of the molecule is Cl.Cl.Cn1ccnc1CN. The van der Waals surface area contributed by atoms with E-state index in [1.54, 1.807) is 6.20 Å². The second-order valence-electron chi connectivity index (χ2n) is 1.66. The van der Waals surface area contributed by atoms with Gasteiger partial charge in [-0.3, -0.25) is 0 Å². The molecule has 0 spiro atoms. The fourth-order valence-corrected chi connectivity index (χ4v) is 0.593. The van der Waals surface area contributed by atoms with Gasteiger partial charge in [-0.25, -0.2) is 4.98 Å². The molecule has 0 aliphatic carbocycles. The van der Waals surface area contributed by atoms with E-state index in [1.807, 2.05) is 17.8 Å². The molecule has 0 saturated heterocycles. The molecule has 0 aromatic carbocycles. The Labute approximate surface area is 72.4 Å². The molecule has 1 aromatic heterocycles. The van der Waals surface area contributed by atoms with E-state index in [0.717, 1.165) is 5.82 Å². The molecule has 0 atom stereocenters. The highest BCUT2D eigenvalue weighted by Crippen LogP contribution is 1.89. The Balaban J connectivity index is 0. The Hall–Kier alpha value is -0.250. The molecule has 1 rings (SSSR count). The lowest BCUT2D eigenvalue weighted by Gasteiger charge is -1.92. The summed E-state index contributed by atoms with van der Waals surface area (Å²) < 4.78 is 1.90. The molecule has 0 unspecified atom stereocenters. The van der Waals surface area contributed by atoms with Crippen LogP contribution in [0.1, 0.15) is 5.82 Å². The Kier molecular flexibility index (Phi) is 6.87. The van der Waals surface area contributed by atoms with Crippen molar-refractivity contribution >= 4 is 24.8 Å². The summed E-state index contributed by atoms with van der Waals surface area (Å²) >= 11 is 0. The molecule has 3 nitrogen and oxygen atoms in total. The van der Waals surface area contributed by atoms with Crippen molar-refractivity contribution in [1.82, 2.24) is 9.55 Å². The minimum Gasteiger partial charge on any atom is -0.337 e. The van der Waals surface area contributed by atoms with Gasteiger partial charge in [0, 0.05) is 19.4 Å². The van der Waals surface area contributed by atoms with Gasteiger partial charge in [0.25, 0.3) is 0 Å². The Morgan fingerprint density at radius 2 is 2.20 bits per heavy atom. The van der Waals surface area contributed by atoms with E-state index in [-0.39, 0.29) is 24.8 Å². The molecule has 5 heteroatoms. The first-order chi connectivity index (χ1) is 3.84. The van der Waals surface area contributed by atoms with E-state index >= 15 is 0 Å². The number of nitrogens with two attached hydrogens (primary N) is 1. The summed E-state index contributed by atoms with van der Waals surface area (Å²) in [4.78, 5) is 3.97. The Morgan fingerprint density at radius 3 is 2.40 bits per heavy atom. The first-order valence-corrected chi connectivity index (χ1v) is 2.51. The quantitative estimate of drug-likeness (QED) is 0.698. The molecule has 0 saturated carbocycles. The summed E-state index contributed by atoms with van der Waals surface area (Å²) in [5.41, 5.74) is 5.31. The predicted molar refractivity (Wildman–Crippen MR) is 45.6 cm³/mol. The van der Waals surface area contributed by atoms with Crippen LogP contribution in [0.4, 0.5) is 0 Å². The average Bonchev–Trinajstić information content (AvgIpc) is 2.14. The highest BCUT2D eigenvalue weighted by Gasteiger charge is 1.90. The Morgan fingerprint density at radius 1 is 1.60 bits per heavy atom. The van der Waals surface area contributed by atoms with Gasteiger partial charge in [-0.05, 0) is 0 Å². The molecule has 60 valence electrons. The number of imidazole rings is 1. The number of nitrogens with zero attached hydrogens (tertiary/aromatic N) is 2. The molecular weight excluding hydrogens is 173 g/mol. The molecular formula is C5H11Cl2N3. The smallest absolute Gasteiger partial charge is 0.122 e. The predicted octanol–water partition coefficient (Wildman–Crippen LogP) is 0.722. The number of hydrogen-bond acceptors (Lipinski definition) is 2. The lowest BCUT2D eigenvalue weighted by Crippen LogP contribution is -2.03. The second kappa shape index (κ2) is 5.53. The zero-order chi connectivity index (χ0) is 5.98. The highest BCUT2D eigenvalue weighted by molar-refractivity contribution is 5.85. The maximum absolute atomic E-state index is 5.31. The molecule has 2 N–H and O–H groups in total. The summed E-state index contributed by atoms with van der Waals surface area (Å²) in [5, 5.41) is 0. The van der Waals surface area contributed by atoms with E-state index in [4.69, 9.17) is 5.73 Å². The van der Waals surface area contributed by atoms with Crippen molar-refractivity contribution in [3.05, 3.63) is 18.2 Å². The van der Waals surface area contributed by atoms with Crippen molar-refractivity contribution in [2.75, 3.05) is 0 Å². The molecule has 0 amide bonds. The largest absolute Gasteiger partial charge is 0.337 e. The lowest BCUT2D eigenvalue weighted by atomic mass is 10.6. The third kappa shape index (κ3) is 2.56. The highest BCUT2D eigenvalue weighted by atomic mass is 35.5. The topological polar surface area (TPSA) is 43.8 Å². The van der Waals surface area contributed by atoms with Crippen LogP contribution in [0.2, 0.25) is 0 Å². The third-order valence-corrected chi connectivity index (χ3v) is 1.10. The average molecular weight is 184 g/mol. The normalized spacial score (nSPS) is 7.80. The standard InChI is InChI=1S/C5H9N3.2ClH/c1-8-3-2-7-5(8)4-6;;/h2-3H,4,6H2,1H3;2*1H. The molecule has 0 fully saturated rings. The zero-order valence-electron chi connectivity index (χ0n) is 5.65. The van der Waals surface area contributed by atoms with Crippen molar-refractivity contribution in [3.63, 3.8) is 0 Å². The van der Waals surface area contributed by atoms with Crippen LogP contribution >= 0.6 is 24.8 Å². The van der Waals surface area contributed by atoms with Crippen molar-refractivity contribution in [1.29, 1.82) is 0 Å². The van der Waals surface area contributed by atoms with E-state index in [2.05, 4.69) is 4.98 Å². The van der Waals surface area contributed by atoms with Crippen molar-refractivity contribution in [2.24, 2.45) is 12.8 Å². The van der Waals surface area contributed by atoms with Crippen LogP contribution in [0.25, 0.3) is 0 Å². The van der Waals surface area contributed by atoms with Crippen LogP contribution in [0.15, 0.2) is 12.4 Å². The summed E-state index contributed by atoms with van der Waals surface area (Å²) in [6.45, 7) is 0.517. The van der Waals surface area contributed by atoms with E-state index in [0.29, 0.717) is 6.54 Å². The van der Waals surface area contributed by atoms with E-state index in [1.165, 1.54) is 0 Å². The van der Waals surface area contributed by atoms with Gasteiger partial charge in [0.1, 0.15) is 5.82 Å². The van der Waals surface area contributed by atoms with Gasteiger partial charge in [-0.2, -0.15) is 0 Å². The first-order valence-electron chi connectivity index (χ1n) is 2.51. The zero-order valence-corrected chi connectivity index (χ0v) is 7.28. The van der Waals surface area contributed by atoms with Gasteiger partial charge in [0.15, 0.2) is 0 Å². The minimum atomic E-state index is 0.